The topological polar surface area (TPSA) is 43.8 Å². The lowest BCUT2D eigenvalue weighted by molar-refractivity contribution is 0.761. The van der Waals surface area contributed by atoms with E-state index in [4.69, 9.17) is 5.73 Å². The summed E-state index contributed by atoms with van der Waals surface area (Å²) in [6, 6.07) is 6.11. The molecule has 4 heteroatoms. The number of hydrogen-bond donors (Lipinski definition) is 1. The van der Waals surface area contributed by atoms with Gasteiger partial charge in [0.1, 0.15) is 0 Å². The van der Waals surface area contributed by atoms with Crippen molar-refractivity contribution in [2.24, 2.45) is 12.8 Å². The van der Waals surface area contributed by atoms with Gasteiger partial charge in [-0.05, 0) is 18.7 Å². The molecule has 0 amide bonds. The summed E-state index contributed by atoms with van der Waals surface area (Å²) in [5.41, 5.74) is 7.75. The van der Waals surface area contributed by atoms with Crippen molar-refractivity contribution in [2.75, 3.05) is 6.54 Å². The minimum atomic E-state index is 0.632. The fourth-order valence-corrected chi connectivity index (χ4v) is 2.25. The number of halogens is 1. The van der Waals surface area contributed by atoms with Crippen LogP contribution in [0.15, 0.2) is 22.7 Å². The SMILES string of the molecule is Cn1nc(CCN)c2c(Br)cccc21. The maximum absolute atomic E-state index is 5.55. The number of aromatic nitrogens is 2. The molecule has 3 nitrogen and oxygen atoms in total. The Bertz CT molecular complexity index is 462. The van der Waals surface area contributed by atoms with E-state index in [1.54, 1.807) is 0 Å². The predicted molar refractivity (Wildman–Crippen MR) is 61.2 cm³/mol. The number of rotatable bonds is 2. The lowest BCUT2D eigenvalue weighted by atomic mass is 10.2. The summed E-state index contributed by atoms with van der Waals surface area (Å²) >= 11 is 3.54. The van der Waals surface area contributed by atoms with Crippen LogP contribution in [0.3, 0.4) is 0 Å². The highest BCUT2D eigenvalue weighted by molar-refractivity contribution is 9.10. The first-order chi connectivity index (χ1) is 6.74. The Labute approximate surface area is 91.0 Å². The molecule has 0 saturated heterocycles. The van der Waals surface area contributed by atoms with Crippen molar-refractivity contribution in [1.82, 2.24) is 9.78 Å². The van der Waals surface area contributed by atoms with Gasteiger partial charge < -0.3 is 5.73 Å². The van der Waals surface area contributed by atoms with Gasteiger partial charge in [-0.15, -0.1) is 0 Å². The Morgan fingerprint density at radius 1 is 1.50 bits per heavy atom. The van der Waals surface area contributed by atoms with Crippen molar-refractivity contribution in [3.63, 3.8) is 0 Å². The molecule has 1 heterocycles. The summed E-state index contributed by atoms with van der Waals surface area (Å²) in [5.74, 6) is 0. The average Bonchev–Trinajstić information content (AvgIpc) is 2.46. The molecule has 0 atom stereocenters. The number of fused-ring (bicyclic) bond motifs is 1. The zero-order chi connectivity index (χ0) is 10.1. The number of nitrogens with zero attached hydrogens (tertiary/aromatic N) is 2. The van der Waals surface area contributed by atoms with Gasteiger partial charge in [0.05, 0.1) is 11.2 Å². The van der Waals surface area contributed by atoms with E-state index in [1.807, 2.05) is 23.9 Å². The van der Waals surface area contributed by atoms with E-state index in [9.17, 15) is 0 Å². The summed E-state index contributed by atoms with van der Waals surface area (Å²) < 4.78 is 2.98. The molecule has 0 bridgehead atoms. The highest BCUT2D eigenvalue weighted by Crippen LogP contribution is 2.26. The molecule has 0 saturated carbocycles. The van der Waals surface area contributed by atoms with Crippen LogP contribution in [0.4, 0.5) is 0 Å². The molecule has 2 aromatic rings. The van der Waals surface area contributed by atoms with Crippen molar-refractivity contribution < 1.29 is 0 Å². The molecule has 0 radical (unpaired) electrons. The monoisotopic (exact) mass is 253 g/mol. The van der Waals surface area contributed by atoms with Crippen molar-refractivity contribution in [1.29, 1.82) is 0 Å². The summed E-state index contributed by atoms with van der Waals surface area (Å²) in [4.78, 5) is 0. The van der Waals surface area contributed by atoms with Gasteiger partial charge in [-0.3, -0.25) is 4.68 Å². The third-order valence-electron chi connectivity index (χ3n) is 2.28. The van der Waals surface area contributed by atoms with E-state index in [-0.39, 0.29) is 0 Å². The Morgan fingerprint density at radius 3 is 3.00 bits per heavy atom. The van der Waals surface area contributed by atoms with Gasteiger partial charge in [-0.25, -0.2) is 0 Å². The number of aryl methyl sites for hydroxylation is 1. The molecular formula is C10H12BrN3. The Hall–Kier alpha value is -0.870. The third-order valence-corrected chi connectivity index (χ3v) is 2.94. The first-order valence-electron chi connectivity index (χ1n) is 4.54. The van der Waals surface area contributed by atoms with Crippen LogP contribution in [-0.2, 0) is 13.5 Å². The fourth-order valence-electron chi connectivity index (χ4n) is 1.66. The molecule has 0 aliphatic heterocycles. The Morgan fingerprint density at radius 2 is 2.29 bits per heavy atom. The van der Waals surface area contributed by atoms with Crippen LogP contribution >= 0.6 is 15.9 Å². The third kappa shape index (κ3) is 1.44. The summed E-state index contributed by atoms with van der Waals surface area (Å²) in [6.45, 7) is 0.632. The molecule has 0 aliphatic carbocycles. The maximum atomic E-state index is 5.55. The van der Waals surface area contributed by atoms with E-state index in [0.717, 1.165) is 22.1 Å². The predicted octanol–water partition coefficient (Wildman–Crippen LogP) is 1.84. The molecule has 0 aliphatic rings. The van der Waals surface area contributed by atoms with Crippen LogP contribution in [0, 0.1) is 0 Å². The van der Waals surface area contributed by atoms with Crippen molar-refractivity contribution in [2.45, 2.75) is 6.42 Å². The maximum Gasteiger partial charge on any atom is 0.0727 e. The van der Waals surface area contributed by atoms with E-state index in [0.29, 0.717) is 6.54 Å². The first kappa shape index (κ1) is 9.68. The molecule has 1 aromatic carbocycles. The smallest absolute Gasteiger partial charge is 0.0727 e. The minimum absolute atomic E-state index is 0.632. The van der Waals surface area contributed by atoms with E-state index >= 15 is 0 Å². The fraction of sp³-hybridized carbons (Fsp3) is 0.300. The van der Waals surface area contributed by atoms with Crippen LogP contribution < -0.4 is 5.73 Å². The average molecular weight is 254 g/mol. The van der Waals surface area contributed by atoms with Gasteiger partial charge in [-0.2, -0.15) is 5.10 Å². The van der Waals surface area contributed by atoms with Crippen molar-refractivity contribution in [3.8, 4) is 0 Å². The molecule has 74 valence electrons. The van der Waals surface area contributed by atoms with Crippen LogP contribution in [0.2, 0.25) is 0 Å². The van der Waals surface area contributed by atoms with Crippen LogP contribution in [0.25, 0.3) is 10.9 Å². The summed E-state index contributed by atoms with van der Waals surface area (Å²) in [7, 11) is 1.95. The summed E-state index contributed by atoms with van der Waals surface area (Å²) in [6.07, 6.45) is 0.819. The largest absolute Gasteiger partial charge is 0.330 e. The zero-order valence-corrected chi connectivity index (χ0v) is 9.58. The molecule has 14 heavy (non-hydrogen) atoms. The normalized spacial score (nSPS) is 11.1. The number of hydrogen-bond acceptors (Lipinski definition) is 2. The highest BCUT2D eigenvalue weighted by Gasteiger charge is 2.09. The molecule has 0 unspecified atom stereocenters. The van der Waals surface area contributed by atoms with Gasteiger partial charge in [0.15, 0.2) is 0 Å². The highest BCUT2D eigenvalue weighted by atomic mass is 79.9. The van der Waals surface area contributed by atoms with Crippen LogP contribution in [-0.4, -0.2) is 16.3 Å². The van der Waals surface area contributed by atoms with E-state index in [1.165, 1.54) is 5.39 Å². The van der Waals surface area contributed by atoms with Crippen molar-refractivity contribution >= 4 is 26.8 Å². The quantitative estimate of drug-likeness (QED) is 0.888. The second kappa shape index (κ2) is 3.71. The molecule has 2 rings (SSSR count). The van der Waals surface area contributed by atoms with Crippen molar-refractivity contribution in [3.05, 3.63) is 28.4 Å². The molecule has 0 fully saturated rings. The van der Waals surface area contributed by atoms with Crippen LogP contribution in [0.1, 0.15) is 5.69 Å². The lowest BCUT2D eigenvalue weighted by Gasteiger charge is -1.96. The van der Waals surface area contributed by atoms with Gasteiger partial charge >= 0.3 is 0 Å². The van der Waals surface area contributed by atoms with Gasteiger partial charge in [-0.1, -0.05) is 22.0 Å². The number of nitrogens with two attached hydrogens (primary N) is 1. The van der Waals surface area contributed by atoms with Gasteiger partial charge in [0.25, 0.3) is 0 Å². The molecular weight excluding hydrogens is 242 g/mol. The minimum Gasteiger partial charge on any atom is -0.330 e. The molecule has 2 N–H and O–H groups in total. The summed E-state index contributed by atoms with van der Waals surface area (Å²) in [5, 5.41) is 5.63. The van der Waals surface area contributed by atoms with Gasteiger partial charge in [0, 0.05) is 23.3 Å². The number of benzene rings is 1. The second-order valence-electron chi connectivity index (χ2n) is 3.24. The standard InChI is InChI=1S/C10H12BrN3/c1-14-9-4-2-3-7(11)10(9)8(13-14)5-6-12/h2-4H,5-6,12H2,1H3. The van der Waals surface area contributed by atoms with Crippen LogP contribution in [0.5, 0.6) is 0 Å². The van der Waals surface area contributed by atoms with Gasteiger partial charge in [0.2, 0.25) is 0 Å². The lowest BCUT2D eigenvalue weighted by Crippen LogP contribution is -2.04. The van der Waals surface area contributed by atoms with E-state index < -0.39 is 0 Å². The first-order valence-corrected chi connectivity index (χ1v) is 5.33. The Balaban J connectivity index is 2.72. The Kier molecular flexibility index (Phi) is 2.56. The molecule has 0 spiro atoms. The van der Waals surface area contributed by atoms with E-state index in [2.05, 4.69) is 27.1 Å². The zero-order valence-electron chi connectivity index (χ0n) is 8.00. The molecule has 1 aromatic heterocycles. The second-order valence-corrected chi connectivity index (χ2v) is 4.10.